The van der Waals surface area contributed by atoms with Crippen LogP contribution in [0.3, 0.4) is 0 Å². The quantitative estimate of drug-likeness (QED) is 0.576. The van der Waals surface area contributed by atoms with Crippen molar-refractivity contribution < 1.29 is 5.11 Å². The first-order valence-electron chi connectivity index (χ1n) is 8.72. The molecule has 0 aliphatic carbocycles. The SMILES string of the molecule is Oc1ccccc1[C@H]1CC(c2ccc(Cl)cc2)=N[C@@H](c2ccc(Cl)cc2)N1. The molecule has 2 N–H and O–H groups in total. The van der Waals surface area contributed by atoms with Gasteiger partial charge in [0.2, 0.25) is 0 Å². The average molecular weight is 397 g/mol. The van der Waals surface area contributed by atoms with Crippen molar-refractivity contribution in [3.8, 4) is 5.75 Å². The lowest BCUT2D eigenvalue weighted by atomic mass is 9.93. The molecule has 2 atom stereocenters. The molecule has 1 heterocycles. The van der Waals surface area contributed by atoms with Crippen LogP contribution in [0.1, 0.15) is 35.3 Å². The van der Waals surface area contributed by atoms with Crippen molar-refractivity contribution in [1.82, 2.24) is 5.32 Å². The number of aliphatic imine (C=N–C) groups is 1. The highest BCUT2D eigenvalue weighted by molar-refractivity contribution is 6.30. The number of phenols is 1. The smallest absolute Gasteiger partial charge is 0.126 e. The molecule has 1 aliphatic rings. The van der Waals surface area contributed by atoms with Gasteiger partial charge in [0.05, 0.1) is 0 Å². The van der Waals surface area contributed by atoms with E-state index in [9.17, 15) is 5.11 Å². The molecule has 0 amide bonds. The molecule has 0 unspecified atom stereocenters. The van der Waals surface area contributed by atoms with Crippen LogP contribution in [0.2, 0.25) is 10.0 Å². The molecule has 5 heteroatoms. The minimum atomic E-state index is -0.230. The van der Waals surface area contributed by atoms with E-state index >= 15 is 0 Å². The van der Waals surface area contributed by atoms with Crippen LogP contribution >= 0.6 is 23.2 Å². The number of nitrogens with zero attached hydrogens (tertiary/aromatic N) is 1. The highest BCUT2D eigenvalue weighted by Crippen LogP contribution is 2.34. The van der Waals surface area contributed by atoms with Gasteiger partial charge in [0, 0.05) is 33.8 Å². The van der Waals surface area contributed by atoms with Crippen LogP contribution in [-0.2, 0) is 0 Å². The van der Waals surface area contributed by atoms with Crippen LogP contribution in [0.5, 0.6) is 5.75 Å². The van der Waals surface area contributed by atoms with Gasteiger partial charge in [0.25, 0.3) is 0 Å². The van der Waals surface area contributed by atoms with Gasteiger partial charge < -0.3 is 5.11 Å². The molecule has 0 fully saturated rings. The number of nitrogens with one attached hydrogen (secondary N) is 1. The van der Waals surface area contributed by atoms with Crippen LogP contribution in [-0.4, -0.2) is 10.8 Å². The van der Waals surface area contributed by atoms with Gasteiger partial charge in [-0.1, -0.05) is 65.7 Å². The Hall–Kier alpha value is -2.33. The molecule has 3 aromatic rings. The Labute approximate surface area is 168 Å². The van der Waals surface area contributed by atoms with Crippen molar-refractivity contribution in [3.05, 3.63) is 99.5 Å². The molecule has 3 aromatic carbocycles. The van der Waals surface area contributed by atoms with Crippen molar-refractivity contribution in [3.63, 3.8) is 0 Å². The highest BCUT2D eigenvalue weighted by Gasteiger charge is 2.27. The summed E-state index contributed by atoms with van der Waals surface area (Å²) in [6.45, 7) is 0. The van der Waals surface area contributed by atoms with Crippen molar-refractivity contribution in [2.45, 2.75) is 18.6 Å². The van der Waals surface area contributed by atoms with Gasteiger partial charge in [-0.2, -0.15) is 0 Å². The first kappa shape index (κ1) is 18.1. The average Bonchev–Trinajstić information content (AvgIpc) is 2.69. The van der Waals surface area contributed by atoms with Crippen molar-refractivity contribution in [2.24, 2.45) is 4.99 Å². The van der Waals surface area contributed by atoms with Crippen LogP contribution in [0, 0.1) is 0 Å². The fourth-order valence-electron chi connectivity index (χ4n) is 3.32. The van der Waals surface area contributed by atoms with Gasteiger partial charge in [-0.3, -0.25) is 10.3 Å². The molecule has 0 saturated heterocycles. The van der Waals surface area contributed by atoms with Gasteiger partial charge in [-0.05, 0) is 41.5 Å². The number of benzene rings is 3. The van der Waals surface area contributed by atoms with Gasteiger partial charge >= 0.3 is 0 Å². The number of para-hydroxylation sites is 1. The van der Waals surface area contributed by atoms with E-state index in [1.807, 2.05) is 66.7 Å². The normalized spacial score (nSPS) is 19.6. The molecule has 0 bridgehead atoms. The molecular formula is C22H18Cl2N2O. The largest absolute Gasteiger partial charge is 0.508 e. The predicted octanol–water partition coefficient (Wildman–Crippen LogP) is 5.92. The van der Waals surface area contributed by atoms with E-state index in [4.69, 9.17) is 28.2 Å². The summed E-state index contributed by atoms with van der Waals surface area (Å²) in [4.78, 5) is 4.92. The third-order valence-electron chi connectivity index (χ3n) is 4.72. The van der Waals surface area contributed by atoms with E-state index in [1.165, 1.54) is 0 Å². The second kappa shape index (κ2) is 7.73. The highest BCUT2D eigenvalue weighted by atomic mass is 35.5. The lowest BCUT2D eigenvalue weighted by Crippen LogP contribution is -2.33. The Balaban J connectivity index is 1.75. The van der Waals surface area contributed by atoms with Crippen molar-refractivity contribution in [2.75, 3.05) is 0 Å². The summed E-state index contributed by atoms with van der Waals surface area (Å²) in [6, 6.07) is 22.7. The Kier molecular flexibility index (Phi) is 5.17. The molecule has 1 aliphatic heterocycles. The zero-order valence-electron chi connectivity index (χ0n) is 14.4. The monoisotopic (exact) mass is 396 g/mol. The van der Waals surface area contributed by atoms with E-state index in [0.717, 1.165) is 22.4 Å². The molecule has 0 spiro atoms. The first-order chi connectivity index (χ1) is 13.1. The number of phenolic OH excluding ortho intramolecular Hbond substituents is 1. The fourth-order valence-corrected chi connectivity index (χ4v) is 3.57. The third-order valence-corrected chi connectivity index (χ3v) is 5.22. The summed E-state index contributed by atoms with van der Waals surface area (Å²) in [6.07, 6.45) is 0.440. The predicted molar refractivity (Wildman–Crippen MR) is 111 cm³/mol. The van der Waals surface area contributed by atoms with E-state index in [-0.39, 0.29) is 18.0 Å². The Morgan fingerprint density at radius 1 is 0.852 bits per heavy atom. The summed E-state index contributed by atoms with van der Waals surface area (Å²) in [7, 11) is 0. The maximum atomic E-state index is 10.3. The van der Waals surface area contributed by atoms with Gasteiger partial charge in [-0.25, -0.2) is 0 Å². The third kappa shape index (κ3) is 4.01. The molecule has 4 rings (SSSR count). The summed E-state index contributed by atoms with van der Waals surface area (Å²) < 4.78 is 0. The zero-order chi connectivity index (χ0) is 18.8. The van der Waals surface area contributed by atoms with Gasteiger partial charge in [0.15, 0.2) is 0 Å². The lowest BCUT2D eigenvalue weighted by molar-refractivity contribution is 0.413. The number of halogens is 2. The summed E-state index contributed by atoms with van der Waals surface area (Å²) in [5.74, 6) is 0.280. The fraction of sp³-hybridized carbons (Fsp3) is 0.136. The lowest BCUT2D eigenvalue weighted by Gasteiger charge is -2.31. The Morgan fingerprint density at radius 2 is 1.48 bits per heavy atom. The Morgan fingerprint density at radius 3 is 2.15 bits per heavy atom. The van der Waals surface area contributed by atoms with Gasteiger partial charge in [0.1, 0.15) is 11.9 Å². The number of aromatic hydroxyl groups is 1. The molecule has 3 nitrogen and oxygen atoms in total. The molecule has 0 saturated carbocycles. The van der Waals surface area contributed by atoms with Gasteiger partial charge in [-0.15, -0.1) is 0 Å². The number of hydrogen-bond donors (Lipinski definition) is 2. The summed E-state index contributed by atoms with van der Waals surface area (Å²) in [5, 5.41) is 15.3. The standard InChI is InChI=1S/C22H18Cl2N2O/c23-16-9-5-14(6-10-16)19-13-20(18-3-1-2-4-21(18)27)26-22(25-19)15-7-11-17(24)12-8-15/h1-12,20,22,26-27H,13H2/t20-,22-/m1/s1. The van der Waals surface area contributed by atoms with E-state index < -0.39 is 0 Å². The van der Waals surface area contributed by atoms with Crippen LogP contribution in [0.15, 0.2) is 77.8 Å². The Bertz CT molecular complexity index is 968. The van der Waals surface area contributed by atoms with Crippen LogP contribution < -0.4 is 5.32 Å². The van der Waals surface area contributed by atoms with Crippen LogP contribution in [0.4, 0.5) is 0 Å². The van der Waals surface area contributed by atoms with Crippen molar-refractivity contribution >= 4 is 28.9 Å². The van der Waals surface area contributed by atoms with Crippen molar-refractivity contribution in [1.29, 1.82) is 0 Å². The maximum absolute atomic E-state index is 10.3. The van der Waals surface area contributed by atoms with Crippen LogP contribution in [0.25, 0.3) is 0 Å². The summed E-state index contributed by atoms with van der Waals surface area (Å²) >= 11 is 12.1. The molecule has 0 radical (unpaired) electrons. The molecule has 27 heavy (non-hydrogen) atoms. The first-order valence-corrected chi connectivity index (χ1v) is 9.48. The topological polar surface area (TPSA) is 44.6 Å². The number of rotatable bonds is 3. The molecule has 0 aromatic heterocycles. The molecular weight excluding hydrogens is 379 g/mol. The van der Waals surface area contributed by atoms with E-state index in [1.54, 1.807) is 6.07 Å². The maximum Gasteiger partial charge on any atom is 0.126 e. The minimum Gasteiger partial charge on any atom is -0.508 e. The number of hydrogen-bond acceptors (Lipinski definition) is 3. The van der Waals surface area contributed by atoms with E-state index in [2.05, 4.69) is 5.32 Å². The summed E-state index contributed by atoms with van der Waals surface area (Å²) in [5.41, 5.74) is 3.88. The second-order valence-corrected chi connectivity index (χ2v) is 7.39. The zero-order valence-corrected chi connectivity index (χ0v) is 16.0. The molecule has 136 valence electrons. The second-order valence-electron chi connectivity index (χ2n) is 6.52. The van der Waals surface area contributed by atoms with E-state index in [0.29, 0.717) is 16.5 Å². The minimum absolute atomic E-state index is 0.0601.